The maximum Gasteiger partial charge on any atom is 0.239 e. The summed E-state index contributed by atoms with van der Waals surface area (Å²) in [5.74, 6) is -0.256. The molecule has 0 radical (unpaired) electrons. The van der Waals surface area contributed by atoms with Gasteiger partial charge >= 0.3 is 0 Å². The molecule has 5 nitrogen and oxygen atoms in total. The van der Waals surface area contributed by atoms with Crippen LogP contribution in [0.1, 0.15) is 13.8 Å². The number of aliphatic hydroxyl groups is 1. The molecule has 4 N–H and O–H groups in total. The first kappa shape index (κ1) is 13.4. The van der Waals surface area contributed by atoms with E-state index in [1.807, 2.05) is 13.8 Å². The topological polar surface area (TPSA) is 84.6 Å². The first-order chi connectivity index (χ1) is 6.43. The zero-order chi connectivity index (χ0) is 11.2. The third kappa shape index (κ3) is 5.16. The Morgan fingerprint density at radius 2 is 2.21 bits per heavy atom. The normalized spacial score (nSPS) is 13.8. The summed E-state index contributed by atoms with van der Waals surface area (Å²) in [6.45, 7) is 4.34. The van der Waals surface area contributed by atoms with Gasteiger partial charge in [-0.1, -0.05) is 13.8 Å². The molecule has 1 atom stereocenters. The number of amides is 1. The van der Waals surface area contributed by atoms with Crippen LogP contribution in [0.4, 0.5) is 0 Å². The highest BCUT2D eigenvalue weighted by Gasteiger charge is 2.19. The van der Waals surface area contributed by atoms with Crippen LogP contribution in [-0.2, 0) is 9.53 Å². The van der Waals surface area contributed by atoms with E-state index in [-0.39, 0.29) is 24.5 Å². The van der Waals surface area contributed by atoms with E-state index >= 15 is 0 Å². The number of carbonyl (C=O) groups excluding carboxylic acids is 1. The van der Waals surface area contributed by atoms with Gasteiger partial charge in [0.15, 0.2) is 0 Å². The van der Waals surface area contributed by atoms with Crippen LogP contribution in [0, 0.1) is 5.41 Å². The highest BCUT2D eigenvalue weighted by atomic mass is 16.5. The fourth-order valence-electron chi connectivity index (χ4n) is 0.769. The van der Waals surface area contributed by atoms with Gasteiger partial charge in [-0.3, -0.25) is 4.79 Å². The molecule has 0 aromatic carbocycles. The molecular formula is C9H20N2O3. The fourth-order valence-corrected chi connectivity index (χ4v) is 0.769. The van der Waals surface area contributed by atoms with Crippen molar-refractivity contribution in [3.05, 3.63) is 0 Å². The van der Waals surface area contributed by atoms with E-state index < -0.39 is 6.04 Å². The van der Waals surface area contributed by atoms with Crippen molar-refractivity contribution in [1.29, 1.82) is 0 Å². The average molecular weight is 204 g/mol. The lowest BCUT2D eigenvalue weighted by Gasteiger charge is -2.22. The van der Waals surface area contributed by atoms with Crippen molar-refractivity contribution < 1.29 is 14.6 Å². The van der Waals surface area contributed by atoms with Crippen molar-refractivity contribution in [2.45, 2.75) is 19.9 Å². The van der Waals surface area contributed by atoms with Crippen LogP contribution < -0.4 is 11.1 Å². The standard InChI is InChI=1S/C9H20N2O3/c1-9(2,6-12)5-11-8(13)7(10)4-14-3/h7,12H,4-6,10H2,1-3H3,(H,11,13). The number of hydrogen-bond donors (Lipinski definition) is 3. The van der Waals surface area contributed by atoms with Crippen molar-refractivity contribution in [3.63, 3.8) is 0 Å². The molecule has 0 fully saturated rings. The Morgan fingerprint density at radius 3 is 2.64 bits per heavy atom. The van der Waals surface area contributed by atoms with Crippen molar-refractivity contribution in [3.8, 4) is 0 Å². The van der Waals surface area contributed by atoms with Gasteiger partial charge in [0.05, 0.1) is 6.61 Å². The van der Waals surface area contributed by atoms with Crippen molar-refractivity contribution >= 4 is 5.91 Å². The molecule has 0 heterocycles. The van der Waals surface area contributed by atoms with Gasteiger partial charge in [0, 0.05) is 25.7 Å². The predicted molar refractivity (Wildman–Crippen MR) is 53.7 cm³/mol. The highest BCUT2D eigenvalue weighted by Crippen LogP contribution is 2.10. The molecule has 0 aliphatic rings. The van der Waals surface area contributed by atoms with Crippen molar-refractivity contribution in [2.75, 3.05) is 26.9 Å². The quantitative estimate of drug-likeness (QED) is 0.523. The summed E-state index contributed by atoms with van der Waals surface area (Å²) in [4.78, 5) is 11.3. The van der Waals surface area contributed by atoms with Gasteiger partial charge < -0.3 is 20.9 Å². The molecule has 0 saturated heterocycles. The number of nitrogens with one attached hydrogen (secondary N) is 1. The molecule has 1 amide bonds. The first-order valence-electron chi connectivity index (χ1n) is 4.56. The zero-order valence-electron chi connectivity index (χ0n) is 9.04. The number of nitrogens with two attached hydrogens (primary N) is 1. The van der Waals surface area contributed by atoms with E-state index in [2.05, 4.69) is 5.32 Å². The number of ether oxygens (including phenoxy) is 1. The summed E-state index contributed by atoms with van der Waals surface area (Å²) < 4.78 is 4.75. The Labute approximate surface area is 84.6 Å². The second kappa shape index (κ2) is 5.95. The minimum atomic E-state index is -0.644. The van der Waals surface area contributed by atoms with Crippen LogP contribution in [-0.4, -0.2) is 43.9 Å². The van der Waals surface area contributed by atoms with Gasteiger partial charge in [-0.25, -0.2) is 0 Å². The van der Waals surface area contributed by atoms with E-state index in [0.29, 0.717) is 6.54 Å². The van der Waals surface area contributed by atoms with Gasteiger partial charge in [-0.05, 0) is 0 Å². The van der Waals surface area contributed by atoms with Crippen LogP contribution in [0.15, 0.2) is 0 Å². The van der Waals surface area contributed by atoms with Gasteiger partial charge in [0.2, 0.25) is 5.91 Å². The molecular weight excluding hydrogens is 184 g/mol. The third-order valence-electron chi connectivity index (χ3n) is 1.85. The molecule has 14 heavy (non-hydrogen) atoms. The Bertz CT molecular complexity index is 183. The van der Waals surface area contributed by atoms with Crippen LogP contribution >= 0.6 is 0 Å². The van der Waals surface area contributed by atoms with Gasteiger partial charge in [0.1, 0.15) is 6.04 Å². The Morgan fingerprint density at radius 1 is 1.64 bits per heavy atom. The van der Waals surface area contributed by atoms with Crippen LogP contribution in [0.3, 0.4) is 0 Å². The summed E-state index contributed by atoms with van der Waals surface area (Å²) in [5, 5.41) is 11.6. The molecule has 84 valence electrons. The summed E-state index contributed by atoms with van der Waals surface area (Å²) in [6.07, 6.45) is 0. The second-order valence-corrected chi connectivity index (χ2v) is 4.10. The second-order valence-electron chi connectivity index (χ2n) is 4.10. The van der Waals surface area contributed by atoms with Crippen molar-refractivity contribution in [2.24, 2.45) is 11.1 Å². The number of rotatable bonds is 6. The molecule has 0 aliphatic heterocycles. The molecule has 1 unspecified atom stereocenters. The molecule has 0 spiro atoms. The van der Waals surface area contributed by atoms with E-state index in [1.54, 1.807) is 0 Å². The predicted octanol–water partition coefficient (Wildman–Crippen LogP) is -0.905. The van der Waals surface area contributed by atoms with E-state index in [4.69, 9.17) is 15.6 Å². The maximum absolute atomic E-state index is 11.3. The van der Waals surface area contributed by atoms with Crippen LogP contribution in [0.2, 0.25) is 0 Å². The Hall–Kier alpha value is -0.650. The van der Waals surface area contributed by atoms with Crippen LogP contribution in [0.25, 0.3) is 0 Å². The first-order valence-corrected chi connectivity index (χ1v) is 4.56. The highest BCUT2D eigenvalue weighted by molar-refractivity contribution is 5.81. The van der Waals surface area contributed by atoms with Crippen molar-refractivity contribution in [1.82, 2.24) is 5.32 Å². The lowest BCUT2D eigenvalue weighted by atomic mass is 9.95. The average Bonchev–Trinajstić information content (AvgIpc) is 2.15. The SMILES string of the molecule is COCC(N)C(=O)NCC(C)(C)CO. The monoisotopic (exact) mass is 204 g/mol. The number of hydrogen-bond acceptors (Lipinski definition) is 4. The van der Waals surface area contributed by atoms with Gasteiger partial charge in [-0.2, -0.15) is 0 Å². The zero-order valence-corrected chi connectivity index (χ0v) is 9.04. The lowest BCUT2D eigenvalue weighted by molar-refractivity contribution is -0.124. The maximum atomic E-state index is 11.3. The molecule has 0 aromatic heterocycles. The Kier molecular flexibility index (Phi) is 5.68. The number of aliphatic hydroxyl groups excluding tert-OH is 1. The molecule has 0 saturated carbocycles. The molecule has 0 aliphatic carbocycles. The molecule has 0 aromatic rings. The van der Waals surface area contributed by atoms with E-state index in [0.717, 1.165) is 0 Å². The van der Waals surface area contributed by atoms with E-state index in [1.165, 1.54) is 7.11 Å². The van der Waals surface area contributed by atoms with Crippen LogP contribution in [0.5, 0.6) is 0 Å². The Balaban J connectivity index is 3.84. The number of methoxy groups -OCH3 is 1. The fraction of sp³-hybridized carbons (Fsp3) is 0.889. The minimum Gasteiger partial charge on any atom is -0.396 e. The molecule has 0 rings (SSSR count). The summed E-state index contributed by atoms with van der Waals surface area (Å²) in [7, 11) is 1.49. The summed E-state index contributed by atoms with van der Waals surface area (Å²) in [5.41, 5.74) is 5.18. The summed E-state index contributed by atoms with van der Waals surface area (Å²) >= 11 is 0. The largest absolute Gasteiger partial charge is 0.396 e. The van der Waals surface area contributed by atoms with Gasteiger partial charge in [-0.15, -0.1) is 0 Å². The third-order valence-corrected chi connectivity index (χ3v) is 1.85. The number of carbonyl (C=O) groups is 1. The smallest absolute Gasteiger partial charge is 0.239 e. The summed E-state index contributed by atoms with van der Waals surface area (Å²) in [6, 6.07) is -0.644. The molecule has 5 heteroatoms. The van der Waals surface area contributed by atoms with E-state index in [9.17, 15) is 4.79 Å². The molecule has 0 bridgehead atoms. The van der Waals surface area contributed by atoms with Gasteiger partial charge in [0.25, 0.3) is 0 Å². The lowest BCUT2D eigenvalue weighted by Crippen LogP contribution is -2.46. The minimum absolute atomic E-state index is 0.0206.